The first-order valence-corrected chi connectivity index (χ1v) is 8.18. The number of anilines is 1. The van der Waals surface area contributed by atoms with E-state index in [-0.39, 0.29) is 17.1 Å². The molecule has 1 aromatic carbocycles. The van der Waals surface area contributed by atoms with Crippen LogP contribution in [0, 0.1) is 0 Å². The quantitative estimate of drug-likeness (QED) is 0.849. The lowest BCUT2D eigenvalue weighted by Crippen LogP contribution is -2.41. The molecule has 22 heavy (non-hydrogen) atoms. The van der Waals surface area contributed by atoms with Crippen LogP contribution in [0.15, 0.2) is 24.3 Å². The normalized spacial score (nSPS) is 21.0. The zero-order valence-corrected chi connectivity index (χ0v) is 14.7. The first kappa shape index (κ1) is 17.3. The Labute approximate surface area is 135 Å². The largest absolute Gasteiger partial charge is 0.480 e. The molecule has 1 saturated heterocycles. The number of hydrogen-bond donors (Lipinski definition) is 1. The molecule has 0 unspecified atom stereocenters. The van der Waals surface area contributed by atoms with E-state index in [1.54, 1.807) is 0 Å². The molecule has 0 saturated carbocycles. The van der Waals surface area contributed by atoms with Crippen molar-refractivity contribution >= 4 is 12.8 Å². The van der Waals surface area contributed by atoms with Gasteiger partial charge in [-0.15, -0.1) is 0 Å². The number of nitrogens with zero attached hydrogens (tertiary/aromatic N) is 1. The molecule has 2 N–H and O–H groups in total. The minimum absolute atomic E-state index is 0.285. The third kappa shape index (κ3) is 3.17. The monoisotopic (exact) mass is 304 g/mol. The van der Waals surface area contributed by atoms with Crippen molar-refractivity contribution in [3.63, 3.8) is 0 Å². The lowest BCUT2D eigenvalue weighted by atomic mass is 9.75. The van der Waals surface area contributed by atoms with Gasteiger partial charge in [-0.25, -0.2) is 0 Å². The molecule has 0 radical (unpaired) electrons. The molecule has 0 aliphatic carbocycles. The molecule has 0 amide bonds. The number of nitrogens with two attached hydrogens (primary N) is 1. The van der Waals surface area contributed by atoms with E-state index < -0.39 is 7.12 Å². The van der Waals surface area contributed by atoms with Gasteiger partial charge in [0.25, 0.3) is 0 Å². The van der Waals surface area contributed by atoms with Crippen LogP contribution in [0.4, 0.5) is 5.69 Å². The average molecular weight is 304 g/mol. The number of rotatable bonds is 5. The Kier molecular flexibility index (Phi) is 4.90. The lowest BCUT2D eigenvalue weighted by Gasteiger charge is -2.32. The summed E-state index contributed by atoms with van der Waals surface area (Å²) in [5.74, 6) is -0.285. The summed E-state index contributed by atoms with van der Waals surface area (Å²) in [6.07, 6.45) is 0. The molecule has 1 aliphatic heterocycles. The molecule has 0 bridgehead atoms. The van der Waals surface area contributed by atoms with E-state index in [0.29, 0.717) is 0 Å². The molecule has 1 fully saturated rings. The zero-order chi connectivity index (χ0) is 16.5. The molecule has 5 heteroatoms. The van der Waals surface area contributed by atoms with Gasteiger partial charge in [-0.05, 0) is 59.2 Å². The summed E-state index contributed by atoms with van der Waals surface area (Å²) in [5.41, 5.74) is 7.92. The molecule has 0 aromatic heterocycles. The molecule has 1 atom stereocenters. The van der Waals surface area contributed by atoms with Crippen LogP contribution in [0.3, 0.4) is 0 Å². The van der Waals surface area contributed by atoms with Gasteiger partial charge in [0.05, 0.1) is 17.1 Å². The molecule has 1 heterocycles. The van der Waals surface area contributed by atoms with Crippen LogP contribution in [0.1, 0.15) is 53.0 Å². The molecular weight excluding hydrogens is 275 g/mol. The molecular formula is C17H29BN2O2. The minimum Gasteiger partial charge on any atom is -0.402 e. The van der Waals surface area contributed by atoms with Crippen molar-refractivity contribution in [2.45, 2.75) is 58.7 Å². The standard InChI is InChI=1S/C17H29BN2O2/c1-7-20(8-2)14-11-9-13(10-12-14)15(19)18-21-16(3,4)17(5,6)22-18/h9-12,15H,7-8,19H2,1-6H3/t15-/m1/s1. The highest BCUT2D eigenvalue weighted by atomic mass is 16.7. The van der Waals surface area contributed by atoms with Crippen LogP contribution in [0.25, 0.3) is 0 Å². The third-order valence-corrected chi connectivity index (χ3v) is 4.97. The Bertz CT molecular complexity index is 482. The van der Waals surface area contributed by atoms with Gasteiger partial charge in [-0.1, -0.05) is 12.1 Å². The minimum atomic E-state index is -0.413. The van der Waals surface area contributed by atoms with E-state index in [0.717, 1.165) is 18.7 Å². The van der Waals surface area contributed by atoms with Crippen LogP contribution in [-0.2, 0) is 9.31 Å². The maximum atomic E-state index is 6.37. The van der Waals surface area contributed by atoms with Crippen molar-refractivity contribution in [1.82, 2.24) is 0 Å². The molecule has 4 nitrogen and oxygen atoms in total. The summed E-state index contributed by atoms with van der Waals surface area (Å²) in [7, 11) is -0.413. The van der Waals surface area contributed by atoms with Crippen molar-refractivity contribution in [2.24, 2.45) is 5.73 Å². The highest BCUT2D eigenvalue weighted by Crippen LogP contribution is 2.39. The van der Waals surface area contributed by atoms with Gasteiger partial charge in [0.2, 0.25) is 0 Å². The van der Waals surface area contributed by atoms with Crippen LogP contribution in [0.5, 0.6) is 0 Å². The molecule has 122 valence electrons. The summed E-state index contributed by atoms with van der Waals surface area (Å²) >= 11 is 0. The Morgan fingerprint density at radius 1 is 1.00 bits per heavy atom. The van der Waals surface area contributed by atoms with Crippen molar-refractivity contribution in [3.8, 4) is 0 Å². The van der Waals surface area contributed by atoms with Gasteiger partial charge in [-0.2, -0.15) is 0 Å². The molecule has 0 spiro atoms. The van der Waals surface area contributed by atoms with Gasteiger partial charge in [0.15, 0.2) is 0 Å². The van der Waals surface area contributed by atoms with Crippen molar-refractivity contribution < 1.29 is 9.31 Å². The van der Waals surface area contributed by atoms with Crippen LogP contribution < -0.4 is 10.6 Å². The van der Waals surface area contributed by atoms with E-state index in [9.17, 15) is 0 Å². The van der Waals surface area contributed by atoms with Crippen LogP contribution in [-0.4, -0.2) is 31.4 Å². The highest BCUT2D eigenvalue weighted by molar-refractivity contribution is 6.47. The maximum Gasteiger partial charge on any atom is 0.480 e. The van der Waals surface area contributed by atoms with Crippen LogP contribution in [0.2, 0.25) is 0 Å². The fourth-order valence-corrected chi connectivity index (χ4v) is 2.69. The highest BCUT2D eigenvalue weighted by Gasteiger charge is 2.53. The van der Waals surface area contributed by atoms with Gasteiger partial charge in [0.1, 0.15) is 0 Å². The molecule has 1 aliphatic rings. The predicted octanol–water partition coefficient (Wildman–Crippen LogP) is 3.16. The second-order valence-electron chi connectivity index (χ2n) is 6.91. The van der Waals surface area contributed by atoms with Crippen LogP contribution >= 0.6 is 0 Å². The summed E-state index contributed by atoms with van der Waals surface area (Å²) in [6.45, 7) is 14.5. The molecule has 1 aromatic rings. The van der Waals surface area contributed by atoms with Gasteiger partial charge in [-0.3, -0.25) is 0 Å². The number of benzene rings is 1. The van der Waals surface area contributed by atoms with Gasteiger partial charge >= 0.3 is 7.12 Å². The smallest absolute Gasteiger partial charge is 0.402 e. The predicted molar refractivity (Wildman–Crippen MR) is 93.0 cm³/mol. The number of hydrogen-bond acceptors (Lipinski definition) is 4. The van der Waals surface area contributed by atoms with E-state index in [1.807, 2.05) is 27.7 Å². The lowest BCUT2D eigenvalue weighted by molar-refractivity contribution is 0.00578. The Morgan fingerprint density at radius 3 is 1.86 bits per heavy atom. The summed E-state index contributed by atoms with van der Waals surface area (Å²) in [5, 5.41) is 0. The molecule has 2 rings (SSSR count). The van der Waals surface area contributed by atoms with Crippen molar-refractivity contribution in [3.05, 3.63) is 29.8 Å². The zero-order valence-electron chi connectivity index (χ0n) is 14.7. The first-order valence-electron chi connectivity index (χ1n) is 8.18. The van der Waals surface area contributed by atoms with E-state index in [2.05, 4.69) is 43.0 Å². The SMILES string of the molecule is CCN(CC)c1ccc([C@@H](N)B2OC(C)(C)C(C)(C)O2)cc1. The van der Waals surface area contributed by atoms with E-state index in [1.165, 1.54) is 5.69 Å². The van der Waals surface area contributed by atoms with Gasteiger partial charge < -0.3 is 19.9 Å². The summed E-state index contributed by atoms with van der Waals surface area (Å²) in [4.78, 5) is 2.31. The summed E-state index contributed by atoms with van der Waals surface area (Å²) in [6, 6.07) is 8.38. The van der Waals surface area contributed by atoms with E-state index >= 15 is 0 Å². The Hall–Kier alpha value is -1.04. The fraction of sp³-hybridized carbons (Fsp3) is 0.647. The van der Waals surface area contributed by atoms with Crippen molar-refractivity contribution in [2.75, 3.05) is 18.0 Å². The van der Waals surface area contributed by atoms with Crippen molar-refractivity contribution in [1.29, 1.82) is 0 Å². The second kappa shape index (κ2) is 6.22. The topological polar surface area (TPSA) is 47.7 Å². The maximum absolute atomic E-state index is 6.37. The van der Waals surface area contributed by atoms with Gasteiger partial charge in [0, 0.05) is 18.8 Å². The van der Waals surface area contributed by atoms with E-state index in [4.69, 9.17) is 15.0 Å². The average Bonchev–Trinajstić information content (AvgIpc) is 2.69. The Morgan fingerprint density at radius 2 is 1.45 bits per heavy atom. The Balaban J connectivity index is 2.13. The second-order valence-corrected chi connectivity index (χ2v) is 6.91. The third-order valence-electron chi connectivity index (χ3n) is 4.97. The fourth-order valence-electron chi connectivity index (χ4n) is 2.69. The first-order chi connectivity index (χ1) is 10.2. The summed E-state index contributed by atoms with van der Waals surface area (Å²) < 4.78 is 12.1.